The molecule has 4 nitrogen and oxygen atoms in total. The topological polar surface area (TPSA) is 46.6 Å². The van der Waals surface area contributed by atoms with Gasteiger partial charge in [-0.3, -0.25) is 4.79 Å². The Morgan fingerprint density at radius 1 is 1.47 bits per heavy atom. The van der Waals surface area contributed by atoms with Gasteiger partial charge in [-0.2, -0.15) is 0 Å². The maximum Gasteiger partial charge on any atom is 0.329 e. The van der Waals surface area contributed by atoms with Crippen molar-refractivity contribution < 1.29 is 14.3 Å². The molecule has 2 heterocycles. The zero-order chi connectivity index (χ0) is 12.0. The van der Waals surface area contributed by atoms with Crippen LogP contribution in [-0.4, -0.2) is 35.7 Å². The molecule has 0 aliphatic carbocycles. The van der Waals surface area contributed by atoms with Crippen molar-refractivity contribution in [3.05, 3.63) is 35.4 Å². The van der Waals surface area contributed by atoms with Gasteiger partial charge in [0.2, 0.25) is 0 Å². The van der Waals surface area contributed by atoms with Crippen LogP contribution in [0, 0.1) is 0 Å². The monoisotopic (exact) mass is 249 g/mol. The molecule has 2 atom stereocenters. The molecule has 0 radical (unpaired) electrons. The third-order valence-corrected chi connectivity index (χ3v) is 4.47. The molecule has 88 valence electrons. The minimum Gasteiger partial charge on any atom is -0.467 e. The standard InChI is InChI=1S/C12H11NO3S/c1-16-12(15)9-6-17-11-8-5-3-2-4-7(8)10(14)13(9)11/h2-5,9,11H,6H2,1H3/t9-,11-/m1/s1. The highest BCUT2D eigenvalue weighted by atomic mass is 32.2. The molecule has 1 saturated heterocycles. The number of thioether (sulfide) groups is 1. The van der Waals surface area contributed by atoms with E-state index in [4.69, 9.17) is 4.74 Å². The molecule has 3 rings (SSSR count). The van der Waals surface area contributed by atoms with Crippen LogP contribution in [0.4, 0.5) is 0 Å². The molecule has 0 N–H and O–H groups in total. The summed E-state index contributed by atoms with van der Waals surface area (Å²) in [5.41, 5.74) is 1.72. The zero-order valence-electron chi connectivity index (χ0n) is 9.25. The first-order valence-electron chi connectivity index (χ1n) is 5.35. The van der Waals surface area contributed by atoms with Gasteiger partial charge in [-0.05, 0) is 11.6 Å². The summed E-state index contributed by atoms with van der Waals surface area (Å²) >= 11 is 1.62. The molecular formula is C12H11NO3S. The molecule has 0 aromatic heterocycles. The van der Waals surface area contributed by atoms with E-state index < -0.39 is 6.04 Å². The summed E-state index contributed by atoms with van der Waals surface area (Å²) in [5, 5.41) is -0.0252. The van der Waals surface area contributed by atoms with Gasteiger partial charge in [-0.1, -0.05) is 18.2 Å². The van der Waals surface area contributed by atoms with Gasteiger partial charge < -0.3 is 9.64 Å². The number of carbonyl (C=O) groups is 2. The molecule has 5 heteroatoms. The van der Waals surface area contributed by atoms with E-state index >= 15 is 0 Å². The van der Waals surface area contributed by atoms with Crippen LogP contribution in [0.3, 0.4) is 0 Å². The molecule has 1 aromatic carbocycles. The fourth-order valence-corrected chi connectivity index (χ4v) is 3.81. The lowest BCUT2D eigenvalue weighted by molar-refractivity contribution is -0.144. The first-order valence-corrected chi connectivity index (χ1v) is 6.40. The summed E-state index contributed by atoms with van der Waals surface area (Å²) in [4.78, 5) is 25.5. The number of carbonyl (C=O) groups excluding carboxylic acids is 2. The lowest BCUT2D eigenvalue weighted by atomic mass is 10.1. The highest BCUT2D eigenvalue weighted by Gasteiger charge is 2.48. The highest BCUT2D eigenvalue weighted by molar-refractivity contribution is 7.99. The Bertz CT molecular complexity index is 502. The number of benzene rings is 1. The van der Waals surface area contributed by atoms with Crippen molar-refractivity contribution in [2.75, 3.05) is 12.9 Å². The average Bonchev–Trinajstić information content (AvgIpc) is 2.91. The van der Waals surface area contributed by atoms with Gasteiger partial charge in [0.25, 0.3) is 5.91 Å². The molecule has 2 aliphatic heterocycles. The second-order valence-electron chi connectivity index (χ2n) is 4.02. The van der Waals surface area contributed by atoms with Crippen LogP contribution in [0.2, 0.25) is 0 Å². The maximum absolute atomic E-state index is 12.2. The molecule has 0 spiro atoms. The Labute approximate surface area is 103 Å². The third-order valence-electron chi connectivity index (χ3n) is 3.17. The number of fused-ring (bicyclic) bond motifs is 3. The normalized spacial score (nSPS) is 25.7. The number of rotatable bonds is 1. The number of esters is 1. The molecule has 1 aromatic rings. The second-order valence-corrected chi connectivity index (χ2v) is 5.14. The third kappa shape index (κ3) is 1.38. The molecule has 0 saturated carbocycles. The summed E-state index contributed by atoms with van der Waals surface area (Å²) in [5.74, 6) is 0.212. The van der Waals surface area contributed by atoms with Crippen molar-refractivity contribution in [1.29, 1.82) is 0 Å². The Morgan fingerprint density at radius 2 is 2.24 bits per heavy atom. The van der Waals surface area contributed by atoms with E-state index in [-0.39, 0.29) is 17.3 Å². The van der Waals surface area contributed by atoms with Gasteiger partial charge in [0.1, 0.15) is 11.4 Å². The summed E-state index contributed by atoms with van der Waals surface area (Å²) in [7, 11) is 1.36. The van der Waals surface area contributed by atoms with Crippen LogP contribution in [0.25, 0.3) is 0 Å². The quantitative estimate of drug-likeness (QED) is 0.706. The van der Waals surface area contributed by atoms with Crippen LogP contribution in [0.1, 0.15) is 21.3 Å². The molecular weight excluding hydrogens is 238 g/mol. The van der Waals surface area contributed by atoms with Crippen LogP contribution < -0.4 is 0 Å². The van der Waals surface area contributed by atoms with Crippen molar-refractivity contribution in [3.8, 4) is 0 Å². The lowest BCUT2D eigenvalue weighted by Crippen LogP contribution is -2.40. The summed E-state index contributed by atoms with van der Waals surface area (Å²) < 4.78 is 4.74. The Balaban J connectivity index is 2.01. The van der Waals surface area contributed by atoms with Crippen molar-refractivity contribution in [2.24, 2.45) is 0 Å². The van der Waals surface area contributed by atoms with Gasteiger partial charge in [0, 0.05) is 11.3 Å². The Kier molecular flexibility index (Phi) is 2.36. The number of hydrogen-bond donors (Lipinski definition) is 0. The van der Waals surface area contributed by atoms with E-state index in [0.29, 0.717) is 11.3 Å². The molecule has 2 aliphatic rings. The first kappa shape index (κ1) is 10.7. The minimum absolute atomic E-state index is 0.0252. The number of methoxy groups -OCH3 is 1. The highest BCUT2D eigenvalue weighted by Crippen LogP contribution is 2.48. The number of amides is 1. The van der Waals surface area contributed by atoms with Gasteiger partial charge in [-0.25, -0.2) is 4.79 Å². The van der Waals surface area contributed by atoms with Gasteiger partial charge in [0.15, 0.2) is 0 Å². The predicted octanol–water partition coefficient (Wildman–Crippen LogP) is 1.43. The molecule has 17 heavy (non-hydrogen) atoms. The molecule has 0 bridgehead atoms. The average molecular weight is 249 g/mol. The fraction of sp³-hybridized carbons (Fsp3) is 0.333. The number of hydrogen-bond acceptors (Lipinski definition) is 4. The van der Waals surface area contributed by atoms with E-state index in [1.54, 1.807) is 16.7 Å². The zero-order valence-corrected chi connectivity index (χ0v) is 10.1. The van der Waals surface area contributed by atoms with Crippen LogP contribution in [-0.2, 0) is 9.53 Å². The predicted molar refractivity (Wildman–Crippen MR) is 63.6 cm³/mol. The van der Waals surface area contributed by atoms with Crippen molar-refractivity contribution in [2.45, 2.75) is 11.4 Å². The molecule has 1 amide bonds. The Morgan fingerprint density at radius 3 is 3.00 bits per heavy atom. The van der Waals surface area contributed by atoms with Gasteiger partial charge >= 0.3 is 5.97 Å². The van der Waals surface area contributed by atoms with Gasteiger partial charge in [0.05, 0.1) is 7.11 Å². The summed E-state index contributed by atoms with van der Waals surface area (Å²) in [6.45, 7) is 0. The van der Waals surface area contributed by atoms with E-state index in [9.17, 15) is 9.59 Å². The van der Waals surface area contributed by atoms with Crippen LogP contribution in [0.15, 0.2) is 24.3 Å². The SMILES string of the molecule is COC(=O)[C@H]1CS[C@@H]2c3ccccc3C(=O)N12. The number of nitrogens with zero attached hydrogens (tertiary/aromatic N) is 1. The fourth-order valence-electron chi connectivity index (χ4n) is 2.36. The lowest BCUT2D eigenvalue weighted by Gasteiger charge is -2.20. The summed E-state index contributed by atoms with van der Waals surface area (Å²) in [6.07, 6.45) is 0. The molecule has 0 unspecified atom stereocenters. The smallest absolute Gasteiger partial charge is 0.329 e. The number of ether oxygens (including phenoxy) is 1. The minimum atomic E-state index is -0.449. The Hall–Kier alpha value is -1.49. The summed E-state index contributed by atoms with van der Waals surface area (Å²) in [6, 6.07) is 7.07. The molecule has 1 fully saturated rings. The largest absolute Gasteiger partial charge is 0.467 e. The van der Waals surface area contributed by atoms with Crippen molar-refractivity contribution >= 4 is 23.6 Å². The second kappa shape index (κ2) is 3.77. The van der Waals surface area contributed by atoms with E-state index in [0.717, 1.165) is 5.56 Å². The van der Waals surface area contributed by atoms with E-state index in [1.807, 2.05) is 24.3 Å². The van der Waals surface area contributed by atoms with Crippen molar-refractivity contribution in [1.82, 2.24) is 4.90 Å². The van der Waals surface area contributed by atoms with Crippen molar-refractivity contribution in [3.63, 3.8) is 0 Å². The maximum atomic E-state index is 12.2. The van der Waals surface area contributed by atoms with E-state index in [2.05, 4.69) is 0 Å². The van der Waals surface area contributed by atoms with E-state index in [1.165, 1.54) is 7.11 Å². The first-order chi connectivity index (χ1) is 8.24. The van der Waals surface area contributed by atoms with Crippen LogP contribution >= 0.6 is 11.8 Å². The van der Waals surface area contributed by atoms with Gasteiger partial charge in [-0.15, -0.1) is 11.8 Å². The van der Waals surface area contributed by atoms with Crippen LogP contribution in [0.5, 0.6) is 0 Å².